The lowest BCUT2D eigenvalue weighted by molar-refractivity contribution is -0.167. The van der Waals surface area contributed by atoms with Crippen LogP contribution in [0.4, 0.5) is 41.2 Å². The number of nitrogens with one attached hydrogen (secondary N) is 6. The summed E-state index contributed by atoms with van der Waals surface area (Å²) >= 11 is 13.1. The highest BCUT2D eigenvalue weighted by Gasteiger charge is 2.59. The van der Waals surface area contributed by atoms with Gasteiger partial charge in [0.05, 0.1) is 33.8 Å². The van der Waals surface area contributed by atoms with Crippen LogP contribution in [-0.4, -0.2) is 77.7 Å². The number of benzene rings is 4. The van der Waals surface area contributed by atoms with Crippen molar-refractivity contribution in [1.82, 2.24) is 30.6 Å². The second-order valence-electron chi connectivity index (χ2n) is 23.2. The van der Waals surface area contributed by atoms with Gasteiger partial charge < -0.3 is 31.3 Å². The predicted octanol–water partition coefficient (Wildman–Crippen LogP) is 12.7. The van der Waals surface area contributed by atoms with Gasteiger partial charge in [-0.2, -0.15) is 13.2 Å². The fourth-order valence-corrected chi connectivity index (χ4v) is 13.1. The number of anilines is 4. The Bertz CT molecular complexity index is 3540. The van der Waals surface area contributed by atoms with Crippen molar-refractivity contribution in [2.75, 3.05) is 21.3 Å². The van der Waals surface area contributed by atoms with Gasteiger partial charge in [-0.3, -0.25) is 19.7 Å². The van der Waals surface area contributed by atoms with E-state index in [1.807, 2.05) is 45.0 Å². The van der Waals surface area contributed by atoms with Crippen LogP contribution in [0.1, 0.15) is 139 Å². The number of carbonyl (C=O) groups excluding carboxylic acids is 4. The van der Waals surface area contributed by atoms with Gasteiger partial charge in [0.1, 0.15) is 5.60 Å². The van der Waals surface area contributed by atoms with E-state index in [0.29, 0.717) is 57.3 Å². The van der Waals surface area contributed by atoms with Gasteiger partial charge in [-0.15, -0.1) is 0 Å². The highest BCUT2D eigenvalue weighted by molar-refractivity contribution is 6.32. The number of rotatable bonds is 12. The SMILES string of the molecule is CC(C)(C)OC(=O)Nc1ccc(C(=O)NC23CCCC(Nc4ncc(Cl)c(C5=CCc6ccccc65)n4)(C2)C3)cc1.O=C(NC12CCCC(Nc3ncc(Cl)c(C4=CCc5ccccc54)n3)(C1)C2)c1ccc(NC(=O)C(F)(F)F)cc1. The van der Waals surface area contributed by atoms with Gasteiger partial charge in [-0.1, -0.05) is 83.9 Å². The largest absolute Gasteiger partial charge is 0.471 e. The van der Waals surface area contributed by atoms with E-state index in [1.165, 1.54) is 35.4 Å². The van der Waals surface area contributed by atoms with E-state index < -0.39 is 29.3 Å². The van der Waals surface area contributed by atoms with Gasteiger partial charge in [-0.25, -0.2) is 24.7 Å². The number of ether oxygens (including phenoxy) is 1. The maximum atomic E-state index is 13.2. The summed E-state index contributed by atoms with van der Waals surface area (Å²) in [5.74, 6) is -1.46. The number of carbonyl (C=O) groups is 4. The Morgan fingerprint density at radius 2 is 0.963 bits per heavy atom. The predicted molar refractivity (Wildman–Crippen MR) is 305 cm³/mol. The van der Waals surface area contributed by atoms with Gasteiger partial charge in [0, 0.05) is 55.8 Å². The van der Waals surface area contributed by atoms with Crippen LogP contribution >= 0.6 is 23.2 Å². The molecule has 2 aromatic heterocycles. The molecule has 0 unspecified atom stereocenters. The third-order valence-corrected chi connectivity index (χ3v) is 16.5. The zero-order valence-electron chi connectivity index (χ0n) is 44.8. The molecule has 0 radical (unpaired) electrons. The first-order valence-corrected chi connectivity index (χ1v) is 27.8. The average molecular weight is 1140 g/mol. The van der Waals surface area contributed by atoms with E-state index in [9.17, 15) is 32.3 Å². The van der Waals surface area contributed by atoms with Gasteiger partial charge >= 0.3 is 18.2 Å². The van der Waals surface area contributed by atoms with E-state index in [1.54, 1.807) is 42.0 Å². The van der Waals surface area contributed by atoms with Crippen molar-refractivity contribution in [3.8, 4) is 0 Å². The Labute approximate surface area is 476 Å². The van der Waals surface area contributed by atoms with Crippen LogP contribution in [0, 0.1) is 0 Å². The Balaban J connectivity index is 0.000000170. The summed E-state index contributed by atoms with van der Waals surface area (Å²) in [6, 6.07) is 28.7. The third-order valence-electron chi connectivity index (χ3n) is 16.0. The topological polar surface area (TPSA) is 201 Å². The number of allylic oxidation sites excluding steroid dienone is 2. The minimum Gasteiger partial charge on any atom is -0.444 e. The molecule has 4 bridgehead atoms. The Morgan fingerprint density at radius 3 is 1.38 bits per heavy atom. The molecule has 0 aliphatic heterocycles. The van der Waals surface area contributed by atoms with Crippen molar-refractivity contribution in [1.29, 1.82) is 0 Å². The van der Waals surface area contributed by atoms with Crippen LogP contribution in [0.25, 0.3) is 11.1 Å². The zero-order chi connectivity index (χ0) is 57.0. The molecular weight excluding hydrogens is 1080 g/mol. The minimum atomic E-state index is -4.99. The summed E-state index contributed by atoms with van der Waals surface area (Å²) in [6.07, 6.45) is 12.3. The molecule has 6 N–H and O–H groups in total. The number of fused-ring (bicyclic) bond motifs is 6. The Hall–Kier alpha value is -7.83. The number of aromatic nitrogens is 4. The zero-order valence-corrected chi connectivity index (χ0v) is 46.3. The van der Waals surface area contributed by atoms with Crippen molar-refractivity contribution in [3.05, 3.63) is 176 Å². The molecule has 418 valence electrons. The van der Waals surface area contributed by atoms with Gasteiger partial charge in [-0.05, 0) is 169 Å². The molecule has 4 aromatic carbocycles. The van der Waals surface area contributed by atoms with Crippen LogP contribution in [0.15, 0.2) is 122 Å². The summed E-state index contributed by atoms with van der Waals surface area (Å²) in [6.45, 7) is 5.42. The molecule has 81 heavy (non-hydrogen) atoms. The number of hydrogen-bond acceptors (Lipinski definition) is 11. The second-order valence-corrected chi connectivity index (χ2v) is 24.0. The van der Waals surface area contributed by atoms with E-state index >= 15 is 0 Å². The Kier molecular flexibility index (Phi) is 14.5. The standard InChI is InChI=1S/C32H34ClN5O3.C29H25ClF3N5O2/c1-30(2,3)41-29(40)35-22-12-9-21(10-13-22)27(39)37-31-15-6-16-32(18-31,19-31)38-28-34-17-25(33)26(36-28)24-14-11-20-7-4-5-8-23(20)24;30-22-14-34-26(36-23(22)21-11-8-17-4-1-2-5-20(17)21)38-28-13-3-12-27(15-28,16-28)37-24(39)18-6-9-19(10-7-18)35-25(40)29(31,32)33/h4-5,7-10,12-14,17H,6,11,15-16,18-19H2,1-3H3,(H,35,40)(H,37,39)(H,34,36,38);1-2,4-7,9-11,14H,3,8,12-13,15-16H2,(H,35,40)(H,37,39)(H,34,36,38). The van der Waals surface area contributed by atoms with Crippen LogP contribution in [0.3, 0.4) is 0 Å². The summed E-state index contributed by atoms with van der Waals surface area (Å²) in [5, 5.41) is 19.0. The molecular formula is C61H59Cl2F3N10O5. The van der Waals surface area contributed by atoms with Crippen molar-refractivity contribution >= 4 is 81.4 Å². The molecule has 6 fully saturated rings. The van der Waals surface area contributed by atoms with E-state index in [2.05, 4.69) is 73.0 Å². The van der Waals surface area contributed by atoms with Gasteiger partial charge in [0.15, 0.2) is 0 Å². The maximum Gasteiger partial charge on any atom is 0.471 e. The van der Waals surface area contributed by atoms with Crippen molar-refractivity contribution in [2.45, 2.75) is 132 Å². The summed E-state index contributed by atoms with van der Waals surface area (Å²) in [7, 11) is 0. The van der Waals surface area contributed by atoms with E-state index in [4.69, 9.17) is 37.9 Å². The van der Waals surface area contributed by atoms with Crippen molar-refractivity contribution in [2.24, 2.45) is 0 Å². The number of amides is 4. The van der Waals surface area contributed by atoms with Crippen LogP contribution in [0.5, 0.6) is 0 Å². The van der Waals surface area contributed by atoms with Crippen LogP contribution < -0.4 is 31.9 Å². The fraction of sp³-hybridized carbons (Fsp3) is 0.344. The normalized spacial score (nSPS) is 22.8. The van der Waals surface area contributed by atoms with Crippen LogP contribution in [0.2, 0.25) is 10.0 Å². The summed E-state index contributed by atoms with van der Waals surface area (Å²) in [4.78, 5) is 67.9. The minimum absolute atomic E-state index is 0.0410. The second kappa shape index (κ2) is 21.2. The van der Waals surface area contributed by atoms with Crippen molar-refractivity contribution < 1.29 is 37.1 Å². The van der Waals surface area contributed by atoms with E-state index in [-0.39, 0.29) is 34.1 Å². The highest BCUT2D eigenvalue weighted by atomic mass is 35.5. The van der Waals surface area contributed by atoms with E-state index in [0.717, 1.165) is 92.2 Å². The van der Waals surface area contributed by atoms with Crippen molar-refractivity contribution in [3.63, 3.8) is 0 Å². The van der Waals surface area contributed by atoms with Gasteiger partial charge in [0.25, 0.3) is 11.8 Å². The van der Waals surface area contributed by atoms with Gasteiger partial charge in [0.2, 0.25) is 11.9 Å². The summed E-state index contributed by atoms with van der Waals surface area (Å²) in [5.41, 5.74) is 7.93. The highest BCUT2D eigenvalue weighted by Crippen LogP contribution is 2.55. The molecule has 0 saturated heterocycles. The quantitative estimate of drug-likeness (QED) is 0.0681. The monoisotopic (exact) mass is 1140 g/mol. The maximum absolute atomic E-state index is 13.2. The lowest BCUT2D eigenvalue weighted by Gasteiger charge is -2.61. The molecule has 6 aromatic rings. The molecule has 8 aliphatic rings. The number of nitrogens with zero attached hydrogens (tertiary/aromatic N) is 4. The lowest BCUT2D eigenvalue weighted by Crippen LogP contribution is -2.70. The Morgan fingerprint density at radius 1 is 0.556 bits per heavy atom. The average Bonchev–Trinajstić information content (AvgIpc) is 4.23. The number of hydrogen-bond donors (Lipinski definition) is 6. The molecule has 14 rings (SSSR count). The first kappa shape index (κ1) is 55.1. The molecule has 8 aliphatic carbocycles. The summed E-state index contributed by atoms with van der Waals surface area (Å²) < 4.78 is 42.7. The molecule has 0 spiro atoms. The molecule has 2 heterocycles. The first-order valence-electron chi connectivity index (χ1n) is 27.0. The number of halogens is 5. The number of alkyl halides is 3. The first-order chi connectivity index (χ1) is 38.6. The molecule has 20 heteroatoms. The fourth-order valence-electron chi connectivity index (χ4n) is 12.7. The lowest BCUT2D eigenvalue weighted by atomic mass is 9.54. The molecule has 4 amide bonds. The molecule has 15 nitrogen and oxygen atoms in total. The third kappa shape index (κ3) is 11.8. The van der Waals surface area contributed by atoms with Crippen LogP contribution in [-0.2, 0) is 22.4 Å². The molecule has 6 saturated carbocycles. The molecule has 0 atom stereocenters. The smallest absolute Gasteiger partial charge is 0.444 e.